The number of hydrogen-bond acceptors (Lipinski definition) is 4. The van der Waals surface area contributed by atoms with Crippen molar-refractivity contribution >= 4 is 17.7 Å². The number of carbonyl (C=O) groups excluding carboxylic acids is 2. The number of anilines is 1. The topological polar surface area (TPSA) is 74.4 Å². The van der Waals surface area contributed by atoms with Gasteiger partial charge in [0.2, 0.25) is 0 Å². The van der Waals surface area contributed by atoms with Crippen LogP contribution in [-0.2, 0) is 6.54 Å². The molecule has 3 aliphatic heterocycles. The van der Waals surface area contributed by atoms with Crippen molar-refractivity contribution in [2.75, 3.05) is 44.7 Å². The molecule has 8 nitrogen and oxygen atoms in total. The van der Waals surface area contributed by atoms with Gasteiger partial charge >= 0.3 is 12.1 Å². The Morgan fingerprint density at radius 2 is 1.70 bits per heavy atom. The Labute approximate surface area is 191 Å². The Kier molecular flexibility index (Phi) is 5.93. The van der Waals surface area contributed by atoms with Gasteiger partial charge in [0.05, 0.1) is 0 Å². The van der Waals surface area contributed by atoms with Crippen LogP contribution in [0.1, 0.15) is 18.4 Å². The van der Waals surface area contributed by atoms with Crippen LogP contribution in [0.25, 0.3) is 0 Å². The number of urea groups is 2. The zero-order chi connectivity index (χ0) is 22.8. The Morgan fingerprint density at radius 3 is 2.45 bits per heavy atom. The molecule has 3 aliphatic rings. The molecule has 0 radical (unpaired) electrons. The van der Waals surface area contributed by atoms with Gasteiger partial charge in [-0.05, 0) is 42.7 Å². The molecule has 0 aliphatic carbocycles. The molecule has 3 heterocycles. The third-order valence-electron chi connectivity index (χ3n) is 6.40. The van der Waals surface area contributed by atoms with E-state index in [9.17, 15) is 14.0 Å². The minimum absolute atomic E-state index is 0.0125. The van der Waals surface area contributed by atoms with Gasteiger partial charge in [0.25, 0.3) is 0 Å². The molecule has 0 saturated carbocycles. The summed E-state index contributed by atoms with van der Waals surface area (Å²) in [6.07, 6.45) is 1.48. The molecular formula is C24H27FN4O4. The molecule has 2 aromatic rings. The fourth-order valence-corrected chi connectivity index (χ4v) is 4.60. The van der Waals surface area contributed by atoms with Gasteiger partial charge in [-0.3, -0.25) is 0 Å². The predicted octanol–water partition coefficient (Wildman–Crippen LogP) is 3.53. The lowest BCUT2D eigenvalue weighted by molar-refractivity contribution is 0.139. The highest BCUT2D eigenvalue weighted by molar-refractivity contribution is 5.89. The molecular weight excluding hydrogens is 427 g/mol. The zero-order valence-corrected chi connectivity index (χ0v) is 18.3. The van der Waals surface area contributed by atoms with Crippen LogP contribution in [0.4, 0.5) is 19.7 Å². The summed E-state index contributed by atoms with van der Waals surface area (Å²) in [6.45, 7) is 4.00. The number of nitrogens with zero attached hydrogens (tertiary/aromatic N) is 3. The Bertz CT molecular complexity index is 1020. The summed E-state index contributed by atoms with van der Waals surface area (Å²) < 4.78 is 24.2. The Balaban J connectivity index is 1.12. The first-order valence-corrected chi connectivity index (χ1v) is 11.3. The quantitative estimate of drug-likeness (QED) is 0.767. The summed E-state index contributed by atoms with van der Waals surface area (Å²) in [6, 6.07) is 11.6. The van der Waals surface area contributed by atoms with Crippen molar-refractivity contribution < 1.29 is 23.5 Å². The van der Waals surface area contributed by atoms with E-state index in [-0.39, 0.29) is 23.9 Å². The molecule has 2 aromatic carbocycles. The lowest BCUT2D eigenvalue weighted by Crippen LogP contribution is -2.49. The highest BCUT2D eigenvalue weighted by Crippen LogP contribution is 2.33. The molecule has 174 valence electrons. The molecule has 5 rings (SSSR count). The van der Waals surface area contributed by atoms with Crippen LogP contribution >= 0.6 is 0 Å². The molecule has 9 heteroatoms. The SMILES string of the molecule is O=C(Nc1ccc2c(c1)OCCO2)N1CCC(N2CCN(Cc3ccc(F)cc3)C2=O)CC1. The van der Waals surface area contributed by atoms with E-state index in [4.69, 9.17) is 9.47 Å². The van der Waals surface area contributed by atoms with Crippen molar-refractivity contribution in [1.82, 2.24) is 14.7 Å². The van der Waals surface area contributed by atoms with E-state index in [1.165, 1.54) is 12.1 Å². The first kappa shape index (κ1) is 21.4. The van der Waals surface area contributed by atoms with E-state index < -0.39 is 0 Å². The molecule has 33 heavy (non-hydrogen) atoms. The van der Waals surface area contributed by atoms with Gasteiger partial charge in [-0.1, -0.05) is 12.1 Å². The summed E-state index contributed by atoms with van der Waals surface area (Å²) in [5.74, 6) is 1.04. The fraction of sp³-hybridized carbons (Fsp3) is 0.417. The van der Waals surface area contributed by atoms with Gasteiger partial charge in [-0.25, -0.2) is 14.0 Å². The first-order valence-electron chi connectivity index (χ1n) is 11.3. The number of piperidine rings is 1. The number of carbonyl (C=O) groups is 2. The number of hydrogen-bond donors (Lipinski definition) is 1. The lowest BCUT2D eigenvalue weighted by atomic mass is 10.0. The number of fused-ring (bicyclic) bond motifs is 1. The number of halogens is 1. The van der Waals surface area contributed by atoms with E-state index in [2.05, 4.69) is 5.32 Å². The summed E-state index contributed by atoms with van der Waals surface area (Å²) >= 11 is 0. The number of nitrogens with one attached hydrogen (secondary N) is 1. The third-order valence-corrected chi connectivity index (χ3v) is 6.40. The number of likely N-dealkylation sites (tertiary alicyclic amines) is 1. The lowest BCUT2D eigenvalue weighted by Gasteiger charge is -2.36. The van der Waals surface area contributed by atoms with Gasteiger partial charge in [-0.2, -0.15) is 0 Å². The van der Waals surface area contributed by atoms with E-state index in [0.29, 0.717) is 63.1 Å². The number of ether oxygens (including phenoxy) is 2. The molecule has 1 N–H and O–H groups in total. The molecule has 4 amide bonds. The highest BCUT2D eigenvalue weighted by Gasteiger charge is 2.36. The van der Waals surface area contributed by atoms with Crippen LogP contribution in [0.15, 0.2) is 42.5 Å². The van der Waals surface area contributed by atoms with Crippen molar-refractivity contribution in [3.05, 3.63) is 53.8 Å². The van der Waals surface area contributed by atoms with Gasteiger partial charge in [0.1, 0.15) is 19.0 Å². The van der Waals surface area contributed by atoms with Crippen LogP contribution in [0.5, 0.6) is 11.5 Å². The van der Waals surface area contributed by atoms with Crippen LogP contribution in [0.3, 0.4) is 0 Å². The van der Waals surface area contributed by atoms with Crippen LogP contribution in [0, 0.1) is 5.82 Å². The van der Waals surface area contributed by atoms with Crippen molar-refractivity contribution in [2.45, 2.75) is 25.4 Å². The Hall–Kier alpha value is -3.49. The molecule has 0 spiro atoms. The average molecular weight is 455 g/mol. The first-order chi connectivity index (χ1) is 16.1. The molecule has 0 atom stereocenters. The summed E-state index contributed by atoms with van der Waals surface area (Å²) in [7, 11) is 0. The minimum Gasteiger partial charge on any atom is -0.486 e. The monoisotopic (exact) mass is 454 g/mol. The molecule has 0 aromatic heterocycles. The van der Waals surface area contributed by atoms with Gasteiger partial charge in [0.15, 0.2) is 11.5 Å². The highest BCUT2D eigenvalue weighted by atomic mass is 19.1. The second-order valence-corrected chi connectivity index (χ2v) is 8.53. The standard InChI is InChI=1S/C24H27FN4O4/c25-18-3-1-17(2-4-18)16-28-11-12-29(24(28)31)20-7-9-27(10-8-20)23(30)26-19-5-6-21-22(15-19)33-14-13-32-21/h1-6,15,20H,7-14,16H2,(H,26,30). The van der Waals surface area contributed by atoms with E-state index in [1.807, 2.05) is 4.90 Å². The summed E-state index contributed by atoms with van der Waals surface area (Å²) in [5, 5.41) is 2.93. The second-order valence-electron chi connectivity index (χ2n) is 8.53. The van der Waals surface area contributed by atoms with E-state index in [1.54, 1.807) is 40.1 Å². The van der Waals surface area contributed by atoms with Crippen molar-refractivity contribution in [3.63, 3.8) is 0 Å². The zero-order valence-electron chi connectivity index (χ0n) is 18.3. The summed E-state index contributed by atoms with van der Waals surface area (Å²) in [5.41, 5.74) is 1.58. The largest absolute Gasteiger partial charge is 0.486 e. The molecule has 0 unspecified atom stereocenters. The Morgan fingerprint density at radius 1 is 0.970 bits per heavy atom. The molecule has 2 saturated heterocycles. The van der Waals surface area contributed by atoms with Crippen molar-refractivity contribution in [3.8, 4) is 11.5 Å². The average Bonchev–Trinajstić information content (AvgIpc) is 3.20. The van der Waals surface area contributed by atoms with Gasteiger partial charge < -0.3 is 29.5 Å². The van der Waals surface area contributed by atoms with Gasteiger partial charge in [0, 0.05) is 50.5 Å². The van der Waals surface area contributed by atoms with Crippen LogP contribution < -0.4 is 14.8 Å². The van der Waals surface area contributed by atoms with Crippen molar-refractivity contribution in [2.24, 2.45) is 0 Å². The smallest absolute Gasteiger partial charge is 0.321 e. The van der Waals surface area contributed by atoms with Gasteiger partial charge in [-0.15, -0.1) is 0 Å². The normalized spacial score (nSPS) is 18.6. The maximum atomic E-state index is 13.1. The predicted molar refractivity (Wildman–Crippen MR) is 120 cm³/mol. The second kappa shape index (κ2) is 9.17. The minimum atomic E-state index is -0.280. The third kappa shape index (κ3) is 4.67. The number of rotatable bonds is 4. The molecule has 2 fully saturated rings. The maximum Gasteiger partial charge on any atom is 0.321 e. The maximum absolute atomic E-state index is 13.1. The van der Waals surface area contributed by atoms with Crippen molar-refractivity contribution in [1.29, 1.82) is 0 Å². The van der Waals surface area contributed by atoms with E-state index >= 15 is 0 Å². The van der Waals surface area contributed by atoms with Crippen LogP contribution in [0.2, 0.25) is 0 Å². The fourth-order valence-electron chi connectivity index (χ4n) is 4.60. The number of benzene rings is 2. The molecule has 0 bridgehead atoms. The van der Waals surface area contributed by atoms with Crippen LogP contribution in [-0.4, -0.2) is 72.2 Å². The number of amides is 4. The summed E-state index contributed by atoms with van der Waals surface area (Å²) in [4.78, 5) is 31.1. The van der Waals surface area contributed by atoms with E-state index in [0.717, 1.165) is 18.4 Å².